The lowest BCUT2D eigenvalue weighted by Crippen LogP contribution is -2.24. The minimum Gasteiger partial charge on any atom is -0.493 e. The zero-order valence-corrected chi connectivity index (χ0v) is 10.1. The Balaban J connectivity index is 2.53. The number of ketones is 1. The molecular weight excluding hydrogens is 204 g/mol. The highest BCUT2D eigenvalue weighted by Crippen LogP contribution is 2.42. The fourth-order valence-corrected chi connectivity index (χ4v) is 2.03. The van der Waals surface area contributed by atoms with Crippen molar-refractivity contribution in [1.29, 1.82) is 0 Å². The van der Waals surface area contributed by atoms with E-state index in [1.807, 2.05) is 19.9 Å². The zero-order chi connectivity index (χ0) is 11.9. The van der Waals surface area contributed by atoms with Crippen LogP contribution in [-0.2, 0) is 6.42 Å². The molecule has 3 nitrogen and oxygen atoms in total. The van der Waals surface area contributed by atoms with Crippen LogP contribution in [0.25, 0.3) is 0 Å². The zero-order valence-electron chi connectivity index (χ0n) is 10.1. The van der Waals surface area contributed by atoms with E-state index in [2.05, 4.69) is 0 Å². The molecule has 16 heavy (non-hydrogen) atoms. The number of benzene rings is 1. The summed E-state index contributed by atoms with van der Waals surface area (Å²) in [6.07, 6.45) is 0.805. The number of hydrogen-bond acceptors (Lipinski definition) is 3. The van der Waals surface area contributed by atoms with Gasteiger partial charge in [0.05, 0.1) is 7.11 Å². The Morgan fingerprint density at radius 3 is 2.69 bits per heavy atom. The van der Waals surface area contributed by atoms with Crippen LogP contribution >= 0.6 is 0 Å². The molecule has 0 atom stereocenters. The Bertz CT molecular complexity index is 447. The van der Waals surface area contributed by atoms with Crippen molar-refractivity contribution in [3.05, 3.63) is 23.3 Å². The first-order valence-electron chi connectivity index (χ1n) is 5.34. The van der Waals surface area contributed by atoms with Crippen molar-refractivity contribution < 1.29 is 14.3 Å². The standard InChI is InChI=1S/C13H16O3/c1-8(14)9-5-10-7-13(2,3)16-12(10)11(6-9)15-4/h5-6H,7H2,1-4H3. The van der Waals surface area contributed by atoms with Crippen molar-refractivity contribution in [3.63, 3.8) is 0 Å². The maximum Gasteiger partial charge on any atom is 0.165 e. The molecule has 1 aliphatic rings. The molecule has 1 aromatic carbocycles. The van der Waals surface area contributed by atoms with Gasteiger partial charge >= 0.3 is 0 Å². The molecule has 1 aromatic rings. The predicted octanol–water partition coefficient (Wildman–Crippen LogP) is 2.61. The van der Waals surface area contributed by atoms with Crippen molar-refractivity contribution in [1.82, 2.24) is 0 Å². The Labute approximate surface area is 95.4 Å². The summed E-state index contributed by atoms with van der Waals surface area (Å²) >= 11 is 0. The van der Waals surface area contributed by atoms with Gasteiger partial charge in [0, 0.05) is 17.5 Å². The van der Waals surface area contributed by atoms with Crippen LogP contribution in [0.4, 0.5) is 0 Å². The molecule has 0 aliphatic carbocycles. The highest BCUT2D eigenvalue weighted by Gasteiger charge is 2.33. The molecule has 3 heteroatoms. The van der Waals surface area contributed by atoms with Gasteiger partial charge in [-0.2, -0.15) is 0 Å². The molecule has 0 unspecified atom stereocenters. The van der Waals surface area contributed by atoms with Crippen LogP contribution in [0, 0.1) is 0 Å². The maximum atomic E-state index is 11.4. The van der Waals surface area contributed by atoms with Gasteiger partial charge in [-0.3, -0.25) is 4.79 Å². The molecule has 0 fully saturated rings. The molecule has 0 saturated heterocycles. The number of methoxy groups -OCH3 is 1. The van der Waals surface area contributed by atoms with Crippen molar-refractivity contribution in [2.45, 2.75) is 32.8 Å². The van der Waals surface area contributed by atoms with Crippen LogP contribution < -0.4 is 9.47 Å². The normalized spacial score (nSPS) is 16.5. The van der Waals surface area contributed by atoms with E-state index in [-0.39, 0.29) is 11.4 Å². The molecule has 0 bridgehead atoms. The van der Waals surface area contributed by atoms with Crippen LogP contribution in [0.5, 0.6) is 11.5 Å². The van der Waals surface area contributed by atoms with Gasteiger partial charge in [-0.1, -0.05) is 0 Å². The van der Waals surface area contributed by atoms with Crippen molar-refractivity contribution in [2.24, 2.45) is 0 Å². The number of ether oxygens (including phenoxy) is 2. The lowest BCUT2D eigenvalue weighted by Gasteiger charge is -2.17. The average molecular weight is 220 g/mol. The van der Waals surface area contributed by atoms with Crippen LogP contribution in [0.1, 0.15) is 36.7 Å². The van der Waals surface area contributed by atoms with Crippen LogP contribution in [-0.4, -0.2) is 18.5 Å². The van der Waals surface area contributed by atoms with Gasteiger partial charge < -0.3 is 9.47 Å². The van der Waals surface area contributed by atoms with E-state index in [9.17, 15) is 4.79 Å². The Kier molecular flexibility index (Phi) is 2.41. The third-order valence-electron chi connectivity index (χ3n) is 2.75. The molecule has 1 heterocycles. The van der Waals surface area contributed by atoms with E-state index in [0.717, 1.165) is 17.7 Å². The van der Waals surface area contributed by atoms with Gasteiger partial charge in [-0.25, -0.2) is 0 Å². The first-order valence-corrected chi connectivity index (χ1v) is 5.34. The van der Waals surface area contributed by atoms with Gasteiger partial charge in [-0.05, 0) is 32.9 Å². The quantitative estimate of drug-likeness (QED) is 0.719. The SMILES string of the molecule is COc1cc(C(C)=O)cc2c1OC(C)(C)C2. The highest BCUT2D eigenvalue weighted by molar-refractivity contribution is 5.95. The van der Waals surface area contributed by atoms with Crippen molar-refractivity contribution in [2.75, 3.05) is 7.11 Å². The lowest BCUT2D eigenvalue weighted by molar-refractivity contribution is 0.101. The van der Waals surface area contributed by atoms with Gasteiger partial charge in [0.1, 0.15) is 5.60 Å². The Morgan fingerprint density at radius 1 is 1.44 bits per heavy atom. The molecule has 86 valence electrons. The number of carbonyl (C=O) groups is 1. The summed E-state index contributed by atoms with van der Waals surface area (Å²) in [5.74, 6) is 1.47. The molecule has 0 N–H and O–H groups in total. The third-order valence-corrected chi connectivity index (χ3v) is 2.75. The minimum atomic E-state index is -0.217. The largest absolute Gasteiger partial charge is 0.493 e. The molecule has 0 spiro atoms. The fraction of sp³-hybridized carbons (Fsp3) is 0.462. The number of fused-ring (bicyclic) bond motifs is 1. The second-order valence-electron chi connectivity index (χ2n) is 4.76. The summed E-state index contributed by atoms with van der Waals surface area (Å²) in [5.41, 5.74) is 1.51. The summed E-state index contributed by atoms with van der Waals surface area (Å²) in [4.78, 5) is 11.4. The summed E-state index contributed by atoms with van der Waals surface area (Å²) in [6.45, 7) is 5.61. The van der Waals surface area contributed by atoms with Gasteiger partial charge in [-0.15, -0.1) is 0 Å². The van der Waals surface area contributed by atoms with Crippen LogP contribution in [0.3, 0.4) is 0 Å². The van der Waals surface area contributed by atoms with E-state index in [1.165, 1.54) is 0 Å². The summed E-state index contributed by atoms with van der Waals surface area (Å²) < 4.78 is 11.1. The van der Waals surface area contributed by atoms with E-state index in [4.69, 9.17) is 9.47 Å². The lowest BCUT2D eigenvalue weighted by atomic mass is 9.99. The molecule has 2 rings (SSSR count). The highest BCUT2D eigenvalue weighted by atomic mass is 16.5. The van der Waals surface area contributed by atoms with Gasteiger partial charge in [0.2, 0.25) is 0 Å². The first kappa shape index (κ1) is 11.0. The smallest absolute Gasteiger partial charge is 0.165 e. The summed E-state index contributed by atoms with van der Waals surface area (Å²) in [5, 5.41) is 0. The number of carbonyl (C=O) groups excluding carboxylic acids is 1. The van der Waals surface area contributed by atoms with Crippen LogP contribution in [0.15, 0.2) is 12.1 Å². The molecule has 0 aromatic heterocycles. The van der Waals surface area contributed by atoms with Gasteiger partial charge in [0.15, 0.2) is 17.3 Å². The summed E-state index contributed by atoms with van der Waals surface area (Å²) in [6, 6.07) is 3.64. The number of hydrogen-bond donors (Lipinski definition) is 0. The second kappa shape index (κ2) is 3.51. The molecule has 0 radical (unpaired) electrons. The Morgan fingerprint density at radius 2 is 2.12 bits per heavy atom. The number of rotatable bonds is 2. The monoisotopic (exact) mass is 220 g/mol. The average Bonchev–Trinajstić information content (AvgIpc) is 2.49. The molecular formula is C13H16O3. The van der Waals surface area contributed by atoms with E-state index >= 15 is 0 Å². The molecule has 1 aliphatic heterocycles. The van der Waals surface area contributed by atoms with E-state index < -0.39 is 0 Å². The van der Waals surface area contributed by atoms with Crippen LogP contribution in [0.2, 0.25) is 0 Å². The fourth-order valence-electron chi connectivity index (χ4n) is 2.03. The predicted molar refractivity (Wildman–Crippen MR) is 61.4 cm³/mol. The summed E-state index contributed by atoms with van der Waals surface area (Å²) in [7, 11) is 1.59. The topological polar surface area (TPSA) is 35.5 Å². The number of Topliss-reactive ketones (excluding diaryl/α,β-unsaturated/α-hetero) is 1. The van der Waals surface area contributed by atoms with E-state index in [1.54, 1.807) is 20.1 Å². The van der Waals surface area contributed by atoms with E-state index in [0.29, 0.717) is 11.3 Å². The minimum absolute atomic E-state index is 0.0470. The van der Waals surface area contributed by atoms with Crippen molar-refractivity contribution in [3.8, 4) is 11.5 Å². The Hall–Kier alpha value is -1.51. The second-order valence-corrected chi connectivity index (χ2v) is 4.76. The molecule has 0 amide bonds. The maximum absolute atomic E-state index is 11.4. The first-order chi connectivity index (χ1) is 7.43. The third kappa shape index (κ3) is 1.77. The van der Waals surface area contributed by atoms with Gasteiger partial charge in [0.25, 0.3) is 0 Å². The molecule has 0 saturated carbocycles. The van der Waals surface area contributed by atoms with Crippen molar-refractivity contribution >= 4 is 5.78 Å².